The summed E-state index contributed by atoms with van der Waals surface area (Å²) in [5.41, 5.74) is 2.27. The summed E-state index contributed by atoms with van der Waals surface area (Å²) in [4.78, 5) is 11.5. The third kappa shape index (κ3) is 2.28. The SMILES string of the molecule is Cc1ccc(Oc2ncncn2)c(C)c1. The molecule has 1 aromatic heterocycles. The highest BCUT2D eigenvalue weighted by Crippen LogP contribution is 2.22. The Morgan fingerprint density at radius 1 is 1.07 bits per heavy atom. The van der Waals surface area contributed by atoms with Crippen molar-refractivity contribution in [3.63, 3.8) is 0 Å². The predicted molar refractivity (Wildman–Crippen MR) is 55.8 cm³/mol. The van der Waals surface area contributed by atoms with Gasteiger partial charge in [-0.05, 0) is 25.5 Å². The fraction of sp³-hybridized carbons (Fsp3) is 0.182. The van der Waals surface area contributed by atoms with Crippen LogP contribution in [0.2, 0.25) is 0 Å². The third-order valence-corrected chi connectivity index (χ3v) is 2.00. The average molecular weight is 201 g/mol. The first-order chi connectivity index (χ1) is 7.25. The molecule has 1 heterocycles. The van der Waals surface area contributed by atoms with Crippen LogP contribution in [-0.4, -0.2) is 15.0 Å². The molecular formula is C11H11N3O. The van der Waals surface area contributed by atoms with Gasteiger partial charge < -0.3 is 4.74 Å². The van der Waals surface area contributed by atoms with Crippen molar-refractivity contribution in [1.29, 1.82) is 0 Å². The van der Waals surface area contributed by atoms with E-state index in [1.54, 1.807) is 0 Å². The van der Waals surface area contributed by atoms with Gasteiger partial charge in [-0.1, -0.05) is 17.7 Å². The van der Waals surface area contributed by atoms with E-state index in [9.17, 15) is 0 Å². The standard InChI is InChI=1S/C11H11N3O/c1-8-3-4-10(9(2)5-8)15-11-13-6-12-7-14-11/h3-7H,1-2H3. The van der Waals surface area contributed by atoms with Crippen molar-refractivity contribution in [2.45, 2.75) is 13.8 Å². The van der Waals surface area contributed by atoms with E-state index in [-0.39, 0.29) is 0 Å². The van der Waals surface area contributed by atoms with E-state index in [1.165, 1.54) is 18.2 Å². The predicted octanol–water partition coefficient (Wildman–Crippen LogP) is 2.28. The number of ether oxygens (including phenoxy) is 1. The number of rotatable bonds is 2. The van der Waals surface area contributed by atoms with E-state index < -0.39 is 0 Å². The van der Waals surface area contributed by atoms with Crippen LogP contribution in [0.15, 0.2) is 30.9 Å². The van der Waals surface area contributed by atoms with E-state index in [0.717, 1.165) is 11.3 Å². The lowest BCUT2D eigenvalue weighted by Gasteiger charge is -2.06. The second-order valence-electron chi connectivity index (χ2n) is 3.29. The monoisotopic (exact) mass is 201 g/mol. The zero-order valence-corrected chi connectivity index (χ0v) is 8.64. The highest BCUT2D eigenvalue weighted by molar-refractivity contribution is 5.36. The molecule has 0 aliphatic carbocycles. The van der Waals surface area contributed by atoms with Gasteiger partial charge in [0.15, 0.2) is 0 Å². The minimum absolute atomic E-state index is 0.317. The van der Waals surface area contributed by atoms with Crippen molar-refractivity contribution in [3.8, 4) is 11.8 Å². The summed E-state index contributed by atoms with van der Waals surface area (Å²) in [6, 6.07) is 6.27. The molecule has 0 radical (unpaired) electrons. The number of aromatic nitrogens is 3. The maximum absolute atomic E-state index is 5.50. The van der Waals surface area contributed by atoms with Crippen LogP contribution >= 0.6 is 0 Å². The van der Waals surface area contributed by atoms with Crippen molar-refractivity contribution in [1.82, 2.24) is 15.0 Å². The number of nitrogens with zero attached hydrogens (tertiary/aromatic N) is 3. The molecule has 76 valence electrons. The van der Waals surface area contributed by atoms with Gasteiger partial charge in [0.05, 0.1) is 0 Å². The summed E-state index contributed by atoms with van der Waals surface area (Å²) >= 11 is 0. The number of aryl methyl sites for hydroxylation is 2. The van der Waals surface area contributed by atoms with Gasteiger partial charge in [0.25, 0.3) is 0 Å². The highest BCUT2D eigenvalue weighted by Gasteiger charge is 2.02. The van der Waals surface area contributed by atoms with Crippen molar-refractivity contribution >= 4 is 0 Å². The molecule has 0 aliphatic rings. The Morgan fingerprint density at radius 3 is 2.47 bits per heavy atom. The first-order valence-electron chi connectivity index (χ1n) is 4.63. The maximum Gasteiger partial charge on any atom is 0.324 e. The van der Waals surface area contributed by atoms with Crippen molar-refractivity contribution < 1.29 is 4.74 Å². The number of benzene rings is 1. The molecule has 0 amide bonds. The second kappa shape index (κ2) is 4.04. The number of hydrogen-bond acceptors (Lipinski definition) is 4. The highest BCUT2D eigenvalue weighted by atomic mass is 16.5. The van der Waals surface area contributed by atoms with E-state index in [4.69, 9.17) is 4.74 Å². The summed E-state index contributed by atoms with van der Waals surface area (Å²) in [5, 5.41) is 0. The van der Waals surface area contributed by atoms with Crippen LogP contribution in [0.25, 0.3) is 0 Å². The van der Waals surface area contributed by atoms with E-state index in [0.29, 0.717) is 6.01 Å². The summed E-state index contributed by atoms with van der Waals surface area (Å²) in [6.45, 7) is 4.03. The molecule has 2 rings (SSSR count). The molecule has 0 bridgehead atoms. The molecule has 0 atom stereocenters. The number of hydrogen-bond donors (Lipinski definition) is 0. The molecule has 0 saturated heterocycles. The summed E-state index contributed by atoms with van der Waals surface area (Å²) in [7, 11) is 0. The van der Waals surface area contributed by atoms with Crippen LogP contribution in [0.3, 0.4) is 0 Å². The van der Waals surface area contributed by atoms with Gasteiger partial charge in [0.2, 0.25) is 0 Å². The smallest absolute Gasteiger partial charge is 0.324 e. The van der Waals surface area contributed by atoms with E-state index >= 15 is 0 Å². The zero-order chi connectivity index (χ0) is 10.7. The van der Waals surface area contributed by atoms with Crippen LogP contribution in [0.4, 0.5) is 0 Å². The largest absolute Gasteiger partial charge is 0.424 e. The maximum atomic E-state index is 5.50. The van der Waals surface area contributed by atoms with Crippen LogP contribution in [0, 0.1) is 13.8 Å². The van der Waals surface area contributed by atoms with Crippen molar-refractivity contribution in [2.75, 3.05) is 0 Å². The molecule has 0 unspecified atom stereocenters. The minimum Gasteiger partial charge on any atom is -0.424 e. The molecule has 0 spiro atoms. The molecule has 4 nitrogen and oxygen atoms in total. The normalized spacial score (nSPS) is 10.0. The summed E-state index contributed by atoms with van der Waals surface area (Å²) < 4.78 is 5.50. The van der Waals surface area contributed by atoms with Crippen molar-refractivity contribution in [2.24, 2.45) is 0 Å². The Morgan fingerprint density at radius 2 is 1.80 bits per heavy atom. The first kappa shape index (κ1) is 9.58. The molecular weight excluding hydrogens is 190 g/mol. The fourth-order valence-corrected chi connectivity index (χ4v) is 1.29. The molecule has 2 aromatic rings. The lowest BCUT2D eigenvalue weighted by Crippen LogP contribution is -1.93. The quantitative estimate of drug-likeness (QED) is 0.747. The van der Waals surface area contributed by atoms with Crippen LogP contribution in [-0.2, 0) is 0 Å². The molecule has 1 aromatic carbocycles. The van der Waals surface area contributed by atoms with Gasteiger partial charge in [0, 0.05) is 0 Å². The van der Waals surface area contributed by atoms with Crippen LogP contribution in [0.1, 0.15) is 11.1 Å². The lowest BCUT2D eigenvalue weighted by atomic mass is 10.1. The zero-order valence-electron chi connectivity index (χ0n) is 8.64. The van der Waals surface area contributed by atoms with Crippen LogP contribution in [0.5, 0.6) is 11.8 Å². The molecule has 4 heteroatoms. The molecule has 15 heavy (non-hydrogen) atoms. The Kier molecular flexibility index (Phi) is 2.58. The first-order valence-corrected chi connectivity index (χ1v) is 4.63. The molecule has 0 saturated carbocycles. The summed E-state index contributed by atoms with van der Waals surface area (Å²) in [5.74, 6) is 0.770. The Hall–Kier alpha value is -1.97. The minimum atomic E-state index is 0.317. The lowest BCUT2D eigenvalue weighted by molar-refractivity contribution is 0.436. The third-order valence-electron chi connectivity index (χ3n) is 2.00. The van der Waals surface area contributed by atoms with Crippen LogP contribution < -0.4 is 4.74 Å². The van der Waals surface area contributed by atoms with Gasteiger partial charge in [-0.3, -0.25) is 0 Å². The molecule has 0 aliphatic heterocycles. The van der Waals surface area contributed by atoms with Crippen molar-refractivity contribution in [3.05, 3.63) is 42.0 Å². The Labute approximate surface area is 88.0 Å². The summed E-state index contributed by atoms with van der Waals surface area (Å²) in [6.07, 6.45) is 2.82. The Bertz CT molecular complexity index is 457. The molecule has 0 N–H and O–H groups in total. The van der Waals surface area contributed by atoms with E-state index in [2.05, 4.69) is 21.0 Å². The van der Waals surface area contributed by atoms with E-state index in [1.807, 2.05) is 26.0 Å². The fourth-order valence-electron chi connectivity index (χ4n) is 1.29. The van der Waals surface area contributed by atoms with Gasteiger partial charge in [-0.25, -0.2) is 4.98 Å². The topological polar surface area (TPSA) is 47.9 Å². The average Bonchev–Trinajstić information content (AvgIpc) is 2.24. The Balaban J connectivity index is 2.25. The van der Waals surface area contributed by atoms with Gasteiger partial charge in [-0.2, -0.15) is 9.97 Å². The second-order valence-corrected chi connectivity index (χ2v) is 3.29. The molecule has 0 fully saturated rings. The van der Waals surface area contributed by atoms with Gasteiger partial charge in [0.1, 0.15) is 18.4 Å². The van der Waals surface area contributed by atoms with Gasteiger partial charge >= 0.3 is 6.01 Å². The van der Waals surface area contributed by atoms with Gasteiger partial charge in [-0.15, -0.1) is 0 Å².